The van der Waals surface area contributed by atoms with Crippen molar-refractivity contribution < 1.29 is 0 Å². The standard InChI is InChI=1S/C19H23NS/c20-19(17-9-4-10-18-15(17)11-12-21-18)16-8-2-1-7-14(16)13-5-3-6-13/h1-2,7-8,11-13,17,19H,3-6,9-10,20H2. The second kappa shape index (κ2) is 5.58. The van der Waals surface area contributed by atoms with Gasteiger partial charge in [-0.25, -0.2) is 0 Å². The van der Waals surface area contributed by atoms with Crippen molar-refractivity contribution in [3.8, 4) is 0 Å². The Balaban J connectivity index is 1.68. The Morgan fingerprint density at radius 1 is 1.00 bits per heavy atom. The number of hydrogen-bond donors (Lipinski definition) is 1. The first-order valence-corrected chi connectivity index (χ1v) is 9.13. The van der Waals surface area contributed by atoms with Crippen molar-refractivity contribution in [1.29, 1.82) is 0 Å². The predicted molar refractivity (Wildman–Crippen MR) is 90.0 cm³/mol. The van der Waals surface area contributed by atoms with Crippen LogP contribution < -0.4 is 5.73 Å². The topological polar surface area (TPSA) is 26.0 Å². The van der Waals surface area contributed by atoms with E-state index in [4.69, 9.17) is 5.73 Å². The number of thiophene rings is 1. The molecule has 0 bridgehead atoms. The van der Waals surface area contributed by atoms with Gasteiger partial charge in [-0.3, -0.25) is 0 Å². The van der Waals surface area contributed by atoms with E-state index in [0.29, 0.717) is 5.92 Å². The first-order valence-electron chi connectivity index (χ1n) is 8.25. The highest BCUT2D eigenvalue weighted by atomic mass is 32.1. The number of aryl methyl sites for hydroxylation is 1. The van der Waals surface area contributed by atoms with Gasteiger partial charge in [0.15, 0.2) is 0 Å². The summed E-state index contributed by atoms with van der Waals surface area (Å²) in [5.74, 6) is 1.28. The number of benzene rings is 1. The Hall–Kier alpha value is -1.12. The molecular weight excluding hydrogens is 274 g/mol. The molecule has 0 spiro atoms. The molecule has 4 rings (SSSR count). The Labute approximate surface area is 131 Å². The second-order valence-corrected chi connectivity index (χ2v) is 7.58. The monoisotopic (exact) mass is 297 g/mol. The van der Waals surface area contributed by atoms with Crippen molar-refractivity contribution >= 4 is 11.3 Å². The van der Waals surface area contributed by atoms with Gasteiger partial charge >= 0.3 is 0 Å². The molecule has 2 N–H and O–H groups in total. The molecule has 110 valence electrons. The summed E-state index contributed by atoms with van der Waals surface area (Å²) in [6, 6.07) is 11.4. The van der Waals surface area contributed by atoms with Crippen LogP contribution in [0, 0.1) is 0 Å². The van der Waals surface area contributed by atoms with Crippen molar-refractivity contribution in [2.45, 2.75) is 56.4 Å². The van der Waals surface area contributed by atoms with Gasteiger partial charge in [0.1, 0.15) is 0 Å². The molecule has 2 aliphatic carbocycles. The van der Waals surface area contributed by atoms with Crippen molar-refractivity contribution in [3.63, 3.8) is 0 Å². The van der Waals surface area contributed by atoms with Gasteiger partial charge in [0.2, 0.25) is 0 Å². The van der Waals surface area contributed by atoms with Gasteiger partial charge in [-0.2, -0.15) is 0 Å². The van der Waals surface area contributed by atoms with Gasteiger partial charge in [0.05, 0.1) is 0 Å². The summed E-state index contributed by atoms with van der Waals surface area (Å²) in [7, 11) is 0. The largest absolute Gasteiger partial charge is 0.323 e. The van der Waals surface area contributed by atoms with Gasteiger partial charge < -0.3 is 5.73 Å². The lowest BCUT2D eigenvalue weighted by Crippen LogP contribution is -2.25. The van der Waals surface area contributed by atoms with Crippen molar-refractivity contribution in [1.82, 2.24) is 0 Å². The molecular formula is C19H23NS. The summed E-state index contributed by atoms with van der Waals surface area (Å²) in [5, 5.41) is 2.24. The highest BCUT2D eigenvalue weighted by Gasteiger charge is 2.30. The van der Waals surface area contributed by atoms with E-state index in [0.717, 1.165) is 5.92 Å². The second-order valence-electron chi connectivity index (χ2n) is 6.58. The van der Waals surface area contributed by atoms with E-state index in [-0.39, 0.29) is 6.04 Å². The molecule has 0 amide bonds. The third kappa shape index (κ3) is 2.35. The minimum atomic E-state index is 0.162. The molecule has 1 heterocycles. The maximum absolute atomic E-state index is 6.77. The Morgan fingerprint density at radius 3 is 2.67 bits per heavy atom. The molecule has 1 saturated carbocycles. The zero-order chi connectivity index (χ0) is 14.2. The molecule has 2 unspecified atom stereocenters. The molecule has 2 atom stereocenters. The van der Waals surface area contributed by atoms with E-state index < -0.39 is 0 Å². The molecule has 1 fully saturated rings. The molecule has 2 heteroatoms. The Bertz CT molecular complexity index is 626. The molecule has 1 aromatic carbocycles. The van der Waals surface area contributed by atoms with Crippen LogP contribution in [0.1, 0.15) is 71.5 Å². The molecule has 1 aromatic heterocycles. The molecule has 2 aromatic rings. The van der Waals surface area contributed by atoms with Crippen LogP contribution in [0.3, 0.4) is 0 Å². The van der Waals surface area contributed by atoms with Crippen molar-refractivity contribution in [2.24, 2.45) is 5.73 Å². The molecule has 1 nitrogen and oxygen atoms in total. The third-order valence-electron chi connectivity index (χ3n) is 5.43. The summed E-state index contributed by atoms with van der Waals surface area (Å²) in [6.07, 6.45) is 7.85. The van der Waals surface area contributed by atoms with Gasteiger partial charge in [-0.15, -0.1) is 11.3 Å². The average molecular weight is 297 g/mol. The molecule has 21 heavy (non-hydrogen) atoms. The van der Waals surface area contributed by atoms with Gasteiger partial charge in [0.25, 0.3) is 0 Å². The SMILES string of the molecule is NC(c1ccccc1C1CCC1)C1CCCc2sccc21. The fourth-order valence-electron chi connectivity index (χ4n) is 4.02. The van der Waals surface area contributed by atoms with Crippen LogP contribution in [0.2, 0.25) is 0 Å². The zero-order valence-electron chi connectivity index (χ0n) is 12.4. The minimum Gasteiger partial charge on any atom is -0.323 e. The highest BCUT2D eigenvalue weighted by molar-refractivity contribution is 7.10. The van der Waals surface area contributed by atoms with E-state index in [9.17, 15) is 0 Å². The zero-order valence-corrected chi connectivity index (χ0v) is 13.2. The van der Waals surface area contributed by atoms with Crippen LogP contribution in [0.4, 0.5) is 0 Å². The summed E-state index contributed by atoms with van der Waals surface area (Å²) in [6.45, 7) is 0. The summed E-state index contributed by atoms with van der Waals surface area (Å²) in [4.78, 5) is 1.57. The van der Waals surface area contributed by atoms with Crippen molar-refractivity contribution in [3.05, 3.63) is 57.3 Å². The summed E-state index contributed by atoms with van der Waals surface area (Å²) < 4.78 is 0. The maximum atomic E-state index is 6.77. The fourth-order valence-corrected chi connectivity index (χ4v) is 5.01. The lowest BCUT2D eigenvalue weighted by atomic mass is 9.73. The van der Waals surface area contributed by atoms with Crippen LogP contribution in [0.5, 0.6) is 0 Å². The molecule has 0 saturated heterocycles. The lowest BCUT2D eigenvalue weighted by Gasteiger charge is -2.33. The minimum absolute atomic E-state index is 0.162. The van der Waals surface area contributed by atoms with E-state index >= 15 is 0 Å². The number of nitrogens with two attached hydrogens (primary N) is 1. The molecule has 2 aliphatic rings. The van der Waals surface area contributed by atoms with E-state index in [1.807, 2.05) is 11.3 Å². The average Bonchev–Trinajstić information content (AvgIpc) is 2.93. The van der Waals surface area contributed by atoms with Crippen LogP contribution in [-0.2, 0) is 6.42 Å². The van der Waals surface area contributed by atoms with E-state index in [2.05, 4.69) is 35.7 Å². The Kier molecular flexibility index (Phi) is 3.60. The first-order chi connectivity index (χ1) is 10.3. The summed E-state index contributed by atoms with van der Waals surface area (Å²) in [5.41, 5.74) is 11.2. The Morgan fingerprint density at radius 2 is 1.86 bits per heavy atom. The number of rotatable bonds is 3. The first kappa shape index (κ1) is 13.5. The maximum Gasteiger partial charge on any atom is 0.0367 e. The highest BCUT2D eigenvalue weighted by Crippen LogP contribution is 2.45. The fraction of sp³-hybridized carbons (Fsp3) is 0.474. The van der Waals surface area contributed by atoms with Gasteiger partial charge in [-0.1, -0.05) is 30.7 Å². The van der Waals surface area contributed by atoms with Crippen LogP contribution in [0.25, 0.3) is 0 Å². The van der Waals surface area contributed by atoms with Crippen molar-refractivity contribution in [2.75, 3.05) is 0 Å². The third-order valence-corrected chi connectivity index (χ3v) is 6.43. The van der Waals surface area contributed by atoms with Gasteiger partial charge in [0, 0.05) is 16.8 Å². The molecule has 0 radical (unpaired) electrons. The van der Waals surface area contributed by atoms with Crippen LogP contribution in [0.15, 0.2) is 35.7 Å². The quantitative estimate of drug-likeness (QED) is 0.834. The van der Waals surface area contributed by atoms with E-state index in [1.54, 1.807) is 4.88 Å². The predicted octanol–water partition coefficient (Wildman–Crippen LogP) is 5.14. The van der Waals surface area contributed by atoms with E-state index in [1.165, 1.54) is 55.2 Å². The molecule has 0 aliphatic heterocycles. The lowest BCUT2D eigenvalue weighted by molar-refractivity contribution is 0.408. The normalized spacial score (nSPS) is 23.4. The number of fused-ring (bicyclic) bond motifs is 1. The van der Waals surface area contributed by atoms with Crippen LogP contribution >= 0.6 is 11.3 Å². The number of hydrogen-bond acceptors (Lipinski definition) is 2. The summed E-state index contributed by atoms with van der Waals surface area (Å²) >= 11 is 1.91. The smallest absolute Gasteiger partial charge is 0.0367 e. The van der Waals surface area contributed by atoms with Gasteiger partial charge in [-0.05, 0) is 66.2 Å². The van der Waals surface area contributed by atoms with Crippen LogP contribution in [-0.4, -0.2) is 0 Å².